The molecule has 0 fully saturated rings. The molecule has 0 unspecified atom stereocenters. The van der Waals surface area contributed by atoms with Gasteiger partial charge in [-0.25, -0.2) is 19.9 Å². The Morgan fingerprint density at radius 1 is 0.740 bits per heavy atom. The van der Waals surface area contributed by atoms with E-state index in [1.807, 2.05) is 24.5 Å². The lowest BCUT2D eigenvalue weighted by Crippen LogP contribution is -2.54. The molecular formula is C44H47N5O. The lowest BCUT2D eigenvalue weighted by molar-refractivity contribution is -0.0673. The zero-order chi connectivity index (χ0) is 35.5. The Hall–Kier alpha value is -4.84. The number of fused-ring (bicyclic) bond motifs is 6. The monoisotopic (exact) mass is 661 g/mol. The molecule has 0 saturated heterocycles. The first kappa shape index (κ1) is 32.4. The molecule has 50 heavy (non-hydrogen) atoms. The summed E-state index contributed by atoms with van der Waals surface area (Å²) in [6.07, 6.45) is 4.58. The van der Waals surface area contributed by atoms with E-state index < -0.39 is 11.1 Å². The van der Waals surface area contributed by atoms with Crippen molar-refractivity contribution in [1.29, 1.82) is 0 Å². The summed E-state index contributed by atoms with van der Waals surface area (Å²) < 4.78 is 9.45. The zero-order valence-corrected chi connectivity index (χ0v) is 31.3. The first-order chi connectivity index (χ1) is 23.5. The summed E-state index contributed by atoms with van der Waals surface area (Å²) in [6, 6.07) is 22.0. The van der Waals surface area contributed by atoms with Crippen molar-refractivity contribution in [3.8, 4) is 17.2 Å². The Morgan fingerprint density at radius 3 is 2.20 bits per heavy atom. The second kappa shape index (κ2) is 10.6. The average Bonchev–Trinajstić information content (AvgIpc) is 3.62. The van der Waals surface area contributed by atoms with Crippen LogP contribution in [0.1, 0.15) is 93.1 Å². The van der Waals surface area contributed by atoms with Gasteiger partial charge in [0, 0.05) is 57.2 Å². The molecule has 6 aromatic rings. The lowest BCUT2D eigenvalue weighted by atomic mass is 9.66. The minimum Gasteiger partial charge on any atom is -0.467 e. The van der Waals surface area contributed by atoms with Crippen molar-refractivity contribution >= 4 is 27.7 Å². The van der Waals surface area contributed by atoms with Crippen molar-refractivity contribution in [1.82, 2.24) is 19.5 Å². The van der Waals surface area contributed by atoms with Gasteiger partial charge >= 0.3 is 0 Å². The molecule has 1 aliphatic carbocycles. The van der Waals surface area contributed by atoms with Crippen LogP contribution in [0, 0.1) is 33.1 Å². The Bertz CT molecular complexity index is 2420. The number of hydrogen-bond donors (Lipinski definition) is 0. The summed E-state index contributed by atoms with van der Waals surface area (Å²) >= 11 is 0. The Kier molecular flexibility index (Phi) is 6.85. The number of pyridine rings is 1. The standard InChI is InChI=1S/C44H47N5O/c1-25-12-13-35-32(18-25)33-20-28(4)31(39-46-17-15-37(47-39)41(5,6)7)23-36(33)49(35)38-22-29(14-16-45-38)40-48-43(11)34-21-27(3)26(2)19-30(34)24-44(43,50-40)42(8,9)10/h12-23H,24H2,1-11H3/t43-,44-/m1/s1. The maximum Gasteiger partial charge on any atom is 0.217 e. The SMILES string of the molecule is Cc1ccc2c(c1)c1cc(C)c(-c3nccc(C(C)(C)C)n3)cc1n2-c1cc(C2=N[C@]3(C)c4cc(C)c(C)cc4C[C@]3(C(C)(C)C)O2)ccn1. The highest BCUT2D eigenvalue weighted by atomic mass is 16.5. The molecule has 6 nitrogen and oxygen atoms in total. The minimum atomic E-state index is -0.518. The summed E-state index contributed by atoms with van der Waals surface area (Å²) in [5, 5.41) is 2.37. The quantitative estimate of drug-likeness (QED) is 0.189. The van der Waals surface area contributed by atoms with E-state index in [9.17, 15) is 0 Å². The van der Waals surface area contributed by atoms with Crippen LogP contribution in [0.4, 0.5) is 0 Å². The highest BCUT2D eigenvalue weighted by Crippen LogP contribution is 2.60. The van der Waals surface area contributed by atoms with Crippen LogP contribution < -0.4 is 0 Å². The molecule has 3 aromatic heterocycles. The zero-order valence-electron chi connectivity index (χ0n) is 31.3. The number of aromatic nitrogens is 4. The molecule has 0 radical (unpaired) electrons. The minimum absolute atomic E-state index is 0.0848. The lowest BCUT2D eigenvalue weighted by Gasteiger charge is -2.45. The second-order valence-electron chi connectivity index (χ2n) is 16.9. The van der Waals surface area contributed by atoms with Gasteiger partial charge in [-0.05, 0) is 105 Å². The van der Waals surface area contributed by atoms with Gasteiger partial charge < -0.3 is 4.74 Å². The average molecular weight is 662 g/mol. The van der Waals surface area contributed by atoms with Gasteiger partial charge in [-0.15, -0.1) is 0 Å². The van der Waals surface area contributed by atoms with Crippen LogP contribution in [-0.2, 0) is 22.1 Å². The Morgan fingerprint density at radius 2 is 1.46 bits per heavy atom. The van der Waals surface area contributed by atoms with Crippen LogP contribution in [0.3, 0.4) is 0 Å². The summed E-state index contributed by atoms with van der Waals surface area (Å²) in [7, 11) is 0. The molecule has 8 rings (SSSR count). The fourth-order valence-corrected chi connectivity index (χ4v) is 8.44. The third-order valence-electron chi connectivity index (χ3n) is 11.4. The number of rotatable bonds is 3. The molecule has 0 N–H and O–H groups in total. The predicted octanol–water partition coefficient (Wildman–Crippen LogP) is 10.2. The molecule has 0 amide bonds. The van der Waals surface area contributed by atoms with Crippen LogP contribution >= 0.6 is 0 Å². The van der Waals surface area contributed by atoms with Crippen LogP contribution in [0.15, 0.2) is 78.0 Å². The summed E-state index contributed by atoms with van der Waals surface area (Å²) in [6.45, 7) is 24.4. The summed E-state index contributed by atoms with van der Waals surface area (Å²) in [5.41, 5.74) is 11.4. The van der Waals surface area contributed by atoms with Crippen molar-refractivity contribution in [3.05, 3.63) is 118 Å². The van der Waals surface area contributed by atoms with E-state index in [1.165, 1.54) is 38.6 Å². The molecule has 2 atom stereocenters. The van der Waals surface area contributed by atoms with Gasteiger partial charge in [-0.3, -0.25) is 4.57 Å². The van der Waals surface area contributed by atoms with Gasteiger partial charge in [0.1, 0.15) is 17.0 Å². The molecule has 254 valence electrons. The smallest absolute Gasteiger partial charge is 0.217 e. The van der Waals surface area contributed by atoms with E-state index in [1.54, 1.807) is 0 Å². The number of hydrogen-bond acceptors (Lipinski definition) is 5. The topological polar surface area (TPSA) is 65.2 Å². The first-order valence-corrected chi connectivity index (χ1v) is 17.8. The van der Waals surface area contributed by atoms with E-state index in [0.29, 0.717) is 5.90 Å². The van der Waals surface area contributed by atoms with Crippen molar-refractivity contribution in [2.45, 2.75) is 99.1 Å². The van der Waals surface area contributed by atoms with E-state index in [0.717, 1.165) is 51.5 Å². The summed E-state index contributed by atoms with van der Waals surface area (Å²) in [4.78, 5) is 20.3. The van der Waals surface area contributed by atoms with E-state index in [4.69, 9.17) is 24.7 Å². The van der Waals surface area contributed by atoms with Gasteiger partial charge in [-0.1, -0.05) is 65.3 Å². The van der Waals surface area contributed by atoms with E-state index in [2.05, 4.69) is 129 Å². The first-order valence-electron chi connectivity index (χ1n) is 17.8. The number of aliphatic imine (C=N–C) groups is 1. The van der Waals surface area contributed by atoms with Crippen LogP contribution in [0.25, 0.3) is 39.0 Å². The molecule has 2 aliphatic rings. The number of nitrogens with zero attached hydrogens (tertiary/aromatic N) is 5. The highest BCUT2D eigenvalue weighted by molar-refractivity contribution is 6.11. The molecule has 0 spiro atoms. The number of benzene rings is 3. The third-order valence-corrected chi connectivity index (χ3v) is 11.4. The number of aryl methyl sites for hydroxylation is 4. The molecule has 1 aliphatic heterocycles. The largest absolute Gasteiger partial charge is 0.467 e. The predicted molar refractivity (Wildman–Crippen MR) is 205 cm³/mol. The van der Waals surface area contributed by atoms with Gasteiger partial charge in [0.15, 0.2) is 5.82 Å². The molecular weight excluding hydrogens is 615 g/mol. The highest BCUT2D eigenvalue weighted by Gasteiger charge is 2.66. The Labute approximate surface area is 295 Å². The fourth-order valence-electron chi connectivity index (χ4n) is 8.44. The van der Waals surface area contributed by atoms with Crippen LogP contribution in [0.5, 0.6) is 0 Å². The molecule has 3 aromatic carbocycles. The fraction of sp³-hybridized carbons (Fsp3) is 0.364. The maximum atomic E-state index is 7.18. The van der Waals surface area contributed by atoms with Crippen molar-refractivity contribution in [2.24, 2.45) is 10.4 Å². The third kappa shape index (κ3) is 4.60. The van der Waals surface area contributed by atoms with E-state index >= 15 is 0 Å². The van der Waals surface area contributed by atoms with Gasteiger partial charge in [0.2, 0.25) is 5.90 Å². The molecule has 0 bridgehead atoms. The molecule has 0 saturated carbocycles. The maximum absolute atomic E-state index is 7.18. The molecule has 4 heterocycles. The van der Waals surface area contributed by atoms with Crippen LogP contribution in [-0.4, -0.2) is 31.0 Å². The Balaban J connectivity index is 1.31. The molecule has 6 heteroatoms. The normalized spacial score (nSPS) is 20.3. The van der Waals surface area contributed by atoms with Gasteiger partial charge in [0.05, 0.1) is 11.0 Å². The van der Waals surface area contributed by atoms with Gasteiger partial charge in [-0.2, -0.15) is 0 Å². The van der Waals surface area contributed by atoms with Crippen LogP contribution in [0.2, 0.25) is 0 Å². The number of ether oxygens (including phenoxy) is 1. The summed E-state index contributed by atoms with van der Waals surface area (Å²) in [5.74, 6) is 2.23. The van der Waals surface area contributed by atoms with E-state index in [-0.39, 0.29) is 10.8 Å². The second-order valence-corrected chi connectivity index (χ2v) is 16.9. The van der Waals surface area contributed by atoms with Crippen molar-refractivity contribution in [3.63, 3.8) is 0 Å². The van der Waals surface area contributed by atoms with Gasteiger partial charge in [0.25, 0.3) is 0 Å². The van der Waals surface area contributed by atoms with Crippen molar-refractivity contribution in [2.75, 3.05) is 0 Å². The van der Waals surface area contributed by atoms with Crippen molar-refractivity contribution < 1.29 is 4.74 Å².